The Morgan fingerprint density at radius 1 is 1.38 bits per heavy atom. The van der Waals surface area contributed by atoms with Crippen LogP contribution in [-0.4, -0.2) is 33.2 Å². The Morgan fingerprint density at radius 2 is 2.00 bits per heavy atom. The van der Waals surface area contributed by atoms with Gasteiger partial charge in [0.2, 0.25) is 0 Å². The molecule has 5 heteroatoms. The summed E-state index contributed by atoms with van der Waals surface area (Å²) >= 11 is 0. The smallest absolute Gasteiger partial charge is 0.257 e. The summed E-state index contributed by atoms with van der Waals surface area (Å²) in [6.07, 6.45) is 5.36. The standard InChI is InChI=1S/C16H27NO4/c1-5-6-7-8-9-15(4,20)13(18)12-10-16(21,11(2)3)17-14(12)19/h10-11,20-21H,5-9H2,1-4H3,(H,17,19)/t15-,16?/m0/s1. The zero-order valence-corrected chi connectivity index (χ0v) is 13.4. The number of Topliss-reactive ketones (excluding diaryl/α,β-unsaturated/α-hetero) is 1. The fourth-order valence-corrected chi connectivity index (χ4v) is 2.35. The lowest BCUT2D eigenvalue weighted by Crippen LogP contribution is -2.46. The van der Waals surface area contributed by atoms with Crippen LogP contribution in [0.3, 0.4) is 0 Å². The summed E-state index contributed by atoms with van der Waals surface area (Å²) in [5.41, 5.74) is -3.23. The topological polar surface area (TPSA) is 86.6 Å². The van der Waals surface area contributed by atoms with E-state index >= 15 is 0 Å². The highest BCUT2D eigenvalue weighted by Crippen LogP contribution is 2.28. The zero-order valence-electron chi connectivity index (χ0n) is 13.4. The number of ketones is 1. The van der Waals surface area contributed by atoms with Gasteiger partial charge in [-0.05, 0) is 19.4 Å². The molecule has 0 spiro atoms. The number of nitrogens with one attached hydrogen (secondary N) is 1. The number of carbonyl (C=O) groups is 2. The average molecular weight is 297 g/mol. The molecule has 1 amide bonds. The fraction of sp³-hybridized carbons (Fsp3) is 0.750. The minimum Gasteiger partial charge on any atom is -0.382 e. The van der Waals surface area contributed by atoms with Gasteiger partial charge in [-0.3, -0.25) is 9.59 Å². The molecular weight excluding hydrogens is 270 g/mol. The third-order valence-electron chi connectivity index (χ3n) is 4.05. The van der Waals surface area contributed by atoms with Crippen molar-refractivity contribution in [1.82, 2.24) is 5.32 Å². The van der Waals surface area contributed by atoms with E-state index in [1.54, 1.807) is 13.8 Å². The molecule has 1 aliphatic rings. The Bertz CT molecular complexity index is 440. The van der Waals surface area contributed by atoms with Crippen molar-refractivity contribution in [2.45, 2.75) is 71.1 Å². The van der Waals surface area contributed by atoms with Gasteiger partial charge >= 0.3 is 0 Å². The molecule has 0 radical (unpaired) electrons. The van der Waals surface area contributed by atoms with Gasteiger partial charge in [0.05, 0.1) is 5.57 Å². The summed E-state index contributed by atoms with van der Waals surface area (Å²) in [5, 5.41) is 22.9. The van der Waals surface area contributed by atoms with Crippen LogP contribution >= 0.6 is 0 Å². The van der Waals surface area contributed by atoms with Gasteiger partial charge in [-0.15, -0.1) is 0 Å². The van der Waals surface area contributed by atoms with Gasteiger partial charge in [-0.2, -0.15) is 0 Å². The van der Waals surface area contributed by atoms with Crippen LogP contribution in [-0.2, 0) is 9.59 Å². The van der Waals surface area contributed by atoms with Crippen molar-refractivity contribution >= 4 is 11.7 Å². The van der Waals surface area contributed by atoms with Crippen LogP contribution in [0.25, 0.3) is 0 Å². The summed E-state index contributed by atoms with van der Waals surface area (Å²) in [6, 6.07) is 0. The first kappa shape index (κ1) is 17.9. The van der Waals surface area contributed by atoms with Crippen LogP contribution in [0.5, 0.6) is 0 Å². The van der Waals surface area contributed by atoms with Crippen LogP contribution in [0.1, 0.15) is 59.8 Å². The highest BCUT2D eigenvalue weighted by molar-refractivity contribution is 6.23. The Hall–Kier alpha value is -1.20. The van der Waals surface area contributed by atoms with E-state index in [1.807, 2.05) is 0 Å². The predicted octanol–water partition coefficient (Wildman–Crippen LogP) is 1.68. The Balaban J connectivity index is 2.79. The van der Waals surface area contributed by atoms with Crippen LogP contribution in [0, 0.1) is 5.92 Å². The quantitative estimate of drug-likeness (QED) is 0.470. The van der Waals surface area contributed by atoms with Gasteiger partial charge in [-0.1, -0.05) is 46.5 Å². The fourth-order valence-electron chi connectivity index (χ4n) is 2.35. The molecule has 120 valence electrons. The van der Waals surface area contributed by atoms with Gasteiger partial charge in [0, 0.05) is 5.92 Å². The first-order valence-corrected chi connectivity index (χ1v) is 7.69. The molecule has 0 aromatic rings. The van der Waals surface area contributed by atoms with Crippen LogP contribution < -0.4 is 5.32 Å². The second kappa shape index (κ2) is 6.71. The number of aliphatic hydroxyl groups is 2. The third-order valence-corrected chi connectivity index (χ3v) is 4.05. The third kappa shape index (κ3) is 4.14. The Labute approximate surface area is 126 Å². The second-order valence-electron chi connectivity index (χ2n) is 6.41. The van der Waals surface area contributed by atoms with E-state index in [2.05, 4.69) is 12.2 Å². The zero-order chi connectivity index (χ0) is 16.3. The van der Waals surface area contributed by atoms with Gasteiger partial charge < -0.3 is 15.5 Å². The van der Waals surface area contributed by atoms with Crippen molar-refractivity contribution in [1.29, 1.82) is 0 Å². The van der Waals surface area contributed by atoms with Gasteiger partial charge in [0.15, 0.2) is 11.5 Å². The summed E-state index contributed by atoms with van der Waals surface area (Å²) in [4.78, 5) is 24.2. The molecule has 5 nitrogen and oxygen atoms in total. The minimum atomic E-state index is -1.57. The molecule has 0 aromatic heterocycles. The lowest BCUT2D eigenvalue weighted by molar-refractivity contribution is -0.134. The molecule has 1 aliphatic heterocycles. The predicted molar refractivity (Wildman–Crippen MR) is 80.4 cm³/mol. The van der Waals surface area contributed by atoms with Crippen LogP contribution in [0.2, 0.25) is 0 Å². The molecule has 0 saturated carbocycles. The monoisotopic (exact) mass is 297 g/mol. The van der Waals surface area contributed by atoms with E-state index < -0.39 is 23.0 Å². The maximum absolute atomic E-state index is 12.4. The second-order valence-corrected chi connectivity index (χ2v) is 6.41. The summed E-state index contributed by atoms with van der Waals surface area (Å²) in [7, 11) is 0. The molecule has 1 heterocycles. The SMILES string of the molecule is CCCCCC[C@](C)(O)C(=O)C1=CC(O)(C(C)C)NC1=O. The first-order chi connectivity index (χ1) is 9.64. The van der Waals surface area contributed by atoms with Crippen molar-refractivity contribution in [3.63, 3.8) is 0 Å². The highest BCUT2D eigenvalue weighted by atomic mass is 16.3. The maximum atomic E-state index is 12.4. The molecule has 0 fully saturated rings. The van der Waals surface area contributed by atoms with E-state index in [0.717, 1.165) is 25.7 Å². The van der Waals surface area contributed by atoms with Crippen molar-refractivity contribution in [3.8, 4) is 0 Å². The number of rotatable bonds is 8. The number of amides is 1. The normalized spacial score (nSPS) is 24.7. The molecule has 1 unspecified atom stereocenters. The van der Waals surface area contributed by atoms with E-state index in [-0.39, 0.29) is 11.5 Å². The summed E-state index contributed by atoms with van der Waals surface area (Å²) < 4.78 is 0. The van der Waals surface area contributed by atoms with Crippen molar-refractivity contribution < 1.29 is 19.8 Å². The van der Waals surface area contributed by atoms with Crippen LogP contribution in [0.4, 0.5) is 0 Å². The van der Waals surface area contributed by atoms with Crippen molar-refractivity contribution in [3.05, 3.63) is 11.6 Å². The van der Waals surface area contributed by atoms with Gasteiger partial charge in [0.25, 0.3) is 5.91 Å². The Morgan fingerprint density at radius 3 is 2.48 bits per heavy atom. The molecule has 0 aliphatic carbocycles. The molecule has 0 saturated heterocycles. The minimum absolute atomic E-state index is 0.147. The molecule has 0 bridgehead atoms. The lowest BCUT2D eigenvalue weighted by Gasteiger charge is -2.24. The van der Waals surface area contributed by atoms with Gasteiger partial charge in [-0.25, -0.2) is 0 Å². The average Bonchev–Trinajstić information content (AvgIpc) is 2.70. The van der Waals surface area contributed by atoms with Crippen molar-refractivity contribution in [2.75, 3.05) is 0 Å². The van der Waals surface area contributed by atoms with Gasteiger partial charge in [0.1, 0.15) is 5.60 Å². The summed E-state index contributed by atoms with van der Waals surface area (Å²) in [5.74, 6) is -1.50. The van der Waals surface area contributed by atoms with E-state index in [1.165, 1.54) is 13.0 Å². The molecule has 21 heavy (non-hydrogen) atoms. The van der Waals surface area contributed by atoms with Crippen molar-refractivity contribution in [2.24, 2.45) is 5.92 Å². The van der Waals surface area contributed by atoms with Crippen LogP contribution in [0.15, 0.2) is 11.6 Å². The number of hydrogen-bond donors (Lipinski definition) is 3. The van der Waals surface area contributed by atoms with E-state index in [4.69, 9.17) is 0 Å². The summed E-state index contributed by atoms with van der Waals surface area (Å²) in [6.45, 7) is 7.01. The number of unbranched alkanes of at least 4 members (excludes halogenated alkanes) is 3. The molecule has 2 atom stereocenters. The molecular formula is C16H27NO4. The highest BCUT2D eigenvalue weighted by Gasteiger charge is 2.44. The Kier molecular flexibility index (Phi) is 5.70. The van der Waals surface area contributed by atoms with E-state index in [0.29, 0.717) is 6.42 Å². The molecule has 0 aromatic carbocycles. The van der Waals surface area contributed by atoms with E-state index in [9.17, 15) is 19.8 Å². The largest absolute Gasteiger partial charge is 0.382 e. The first-order valence-electron chi connectivity index (χ1n) is 7.69. The maximum Gasteiger partial charge on any atom is 0.257 e. The molecule has 1 rings (SSSR count). The number of carbonyl (C=O) groups excluding carboxylic acids is 2. The lowest BCUT2D eigenvalue weighted by atomic mass is 9.88. The molecule has 3 N–H and O–H groups in total. The number of hydrogen-bond acceptors (Lipinski definition) is 4.